The number of aliphatic carboxylic acids is 1. The predicted octanol–water partition coefficient (Wildman–Crippen LogP) is 0.102. The lowest BCUT2D eigenvalue weighted by molar-refractivity contribution is -0.138. The van der Waals surface area contributed by atoms with Crippen LogP contribution >= 0.6 is 12.6 Å². The van der Waals surface area contributed by atoms with E-state index in [0.29, 0.717) is 0 Å². The van der Waals surface area contributed by atoms with E-state index in [-0.39, 0.29) is 5.75 Å². The van der Waals surface area contributed by atoms with Crippen LogP contribution in [0.2, 0.25) is 0 Å². The van der Waals surface area contributed by atoms with E-state index < -0.39 is 12.0 Å². The molecule has 0 aliphatic carbocycles. The van der Waals surface area contributed by atoms with Crippen molar-refractivity contribution < 1.29 is 9.90 Å². The third-order valence-corrected chi connectivity index (χ3v) is 1.16. The van der Waals surface area contributed by atoms with Gasteiger partial charge < -0.3 is 10.4 Å². The number of carboxylic acids is 1. The molecule has 3 nitrogen and oxygen atoms in total. The van der Waals surface area contributed by atoms with E-state index in [0.717, 1.165) is 0 Å². The average Bonchev–Trinajstić information content (AvgIpc) is 1.82. The Kier molecular flexibility index (Phi) is 3.96. The number of rotatable bonds is 4. The van der Waals surface area contributed by atoms with Crippen LogP contribution in [0.3, 0.4) is 0 Å². The summed E-state index contributed by atoms with van der Waals surface area (Å²) in [6.45, 7) is 3.32. The largest absolute Gasteiger partial charge is 0.480 e. The summed E-state index contributed by atoms with van der Waals surface area (Å²) in [5, 5.41) is 10.9. The molecule has 1 atom stereocenters. The minimum atomic E-state index is -0.912. The molecule has 0 heterocycles. The first-order valence-electron chi connectivity index (χ1n) is 2.43. The molecule has 1 unspecified atom stereocenters. The summed E-state index contributed by atoms with van der Waals surface area (Å²) in [7, 11) is 0. The molecule has 0 spiro atoms. The number of carbonyl (C=O) groups is 1. The molecule has 9 heavy (non-hydrogen) atoms. The highest BCUT2D eigenvalue weighted by atomic mass is 32.1. The van der Waals surface area contributed by atoms with E-state index >= 15 is 0 Å². The summed E-state index contributed by atoms with van der Waals surface area (Å²) >= 11 is 3.80. The molecule has 0 aromatic heterocycles. The molecule has 0 aromatic rings. The van der Waals surface area contributed by atoms with Crippen molar-refractivity contribution >= 4 is 18.6 Å². The van der Waals surface area contributed by atoms with Crippen molar-refractivity contribution in [2.75, 3.05) is 5.75 Å². The fourth-order valence-corrected chi connectivity index (χ4v) is 0.606. The van der Waals surface area contributed by atoms with Crippen molar-refractivity contribution in [2.45, 2.75) is 6.04 Å². The van der Waals surface area contributed by atoms with E-state index in [9.17, 15) is 4.79 Å². The zero-order valence-electron chi connectivity index (χ0n) is 4.87. The Labute approximate surface area is 59.2 Å². The predicted molar refractivity (Wildman–Crippen MR) is 38.6 cm³/mol. The van der Waals surface area contributed by atoms with Crippen molar-refractivity contribution in [1.82, 2.24) is 5.32 Å². The van der Waals surface area contributed by atoms with Crippen LogP contribution < -0.4 is 5.32 Å². The number of thiol groups is 1. The van der Waals surface area contributed by atoms with Crippen molar-refractivity contribution in [1.29, 1.82) is 0 Å². The molecule has 4 heteroatoms. The van der Waals surface area contributed by atoms with Crippen molar-refractivity contribution in [3.8, 4) is 0 Å². The van der Waals surface area contributed by atoms with Crippen LogP contribution in [-0.2, 0) is 4.79 Å². The first kappa shape index (κ1) is 8.36. The first-order chi connectivity index (χ1) is 4.22. The summed E-state index contributed by atoms with van der Waals surface area (Å²) in [6.07, 6.45) is 1.34. The summed E-state index contributed by atoms with van der Waals surface area (Å²) < 4.78 is 0. The van der Waals surface area contributed by atoms with Gasteiger partial charge in [0.2, 0.25) is 0 Å². The van der Waals surface area contributed by atoms with E-state index in [4.69, 9.17) is 5.11 Å². The third-order valence-electron chi connectivity index (χ3n) is 0.800. The van der Waals surface area contributed by atoms with Gasteiger partial charge in [-0.15, -0.1) is 0 Å². The lowest BCUT2D eigenvalue weighted by Gasteiger charge is -2.06. The van der Waals surface area contributed by atoms with Gasteiger partial charge >= 0.3 is 5.97 Å². The Morgan fingerprint density at radius 1 is 2.00 bits per heavy atom. The molecule has 0 aliphatic heterocycles. The fourth-order valence-electron chi connectivity index (χ4n) is 0.344. The van der Waals surface area contributed by atoms with Crippen LogP contribution in [0.1, 0.15) is 0 Å². The lowest BCUT2D eigenvalue weighted by Crippen LogP contribution is -2.34. The van der Waals surface area contributed by atoms with Gasteiger partial charge in [0, 0.05) is 5.75 Å². The third kappa shape index (κ3) is 3.03. The standard InChI is InChI=1S/C5H9NO2S/c1-2-6-4(3-9)5(7)8/h2,4,6,9H,1,3H2,(H,7,8). The monoisotopic (exact) mass is 147 g/mol. The minimum Gasteiger partial charge on any atom is -0.480 e. The number of hydrogen-bond acceptors (Lipinski definition) is 3. The second-order valence-electron chi connectivity index (χ2n) is 1.44. The summed E-state index contributed by atoms with van der Waals surface area (Å²) in [5.41, 5.74) is 0. The normalized spacial score (nSPS) is 12.1. The maximum Gasteiger partial charge on any atom is 0.326 e. The summed E-state index contributed by atoms with van der Waals surface area (Å²) in [4.78, 5) is 10.2. The van der Waals surface area contributed by atoms with Crippen molar-refractivity contribution in [3.05, 3.63) is 12.8 Å². The minimum absolute atomic E-state index is 0.265. The van der Waals surface area contributed by atoms with Gasteiger partial charge in [-0.25, -0.2) is 4.79 Å². The molecule has 52 valence electrons. The van der Waals surface area contributed by atoms with Crippen LogP contribution in [0, 0.1) is 0 Å². The molecule has 0 amide bonds. The Bertz CT molecular complexity index is 116. The van der Waals surface area contributed by atoms with Crippen LogP contribution in [0.4, 0.5) is 0 Å². The van der Waals surface area contributed by atoms with Gasteiger partial charge in [-0.2, -0.15) is 12.6 Å². The highest BCUT2D eigenvalue weighted by molar-refractivity contribution is 7.80. The van der Waals surface area contributed by atoms with Crippen molar-refractivity contribution in [3.63, 3.8) is 0 Å². The fraction of sp³-hybridized carbons (Fsp3) is 0.400. The van der Waals surface area contributed by atoms with E-state index in [2.05, 4.69) is 24.5 Å². The Morgan fingerprint density at radius 2 is 2.56 bits per heavy atom. The zero-order valence-corrected chi connectivity index (χ0v) is 5.77. The second kappa shape index (κ2) is 4.26. The molecule has 0 bridgehead atoms. The molecular formula is C5H9NO2S. The number of nitrogens with one attached hydrogen (secondary N) is 1. The second-order valence-corrected chi connectivity index (χ2v) is 1.81. The number of hydrogen-bond donors (Lipinski definition) is 3. The summed E-state index contributed by atoms with van der Waals surface area (Å²) in [6, 6.07) is -0.620. The van der Waals surface area contributed by atoms with Gasteiger partial charge in [0.05, 0.1) is 0 Å². The Morgan fingerprint density at radius 3 is 2.67 bits per heavy atom. The molecule has 0 aliphatic rings. The van der Waals surface area contributed by atoms with Gasteiger partial charge in [0.25, 0.3) is 0 Å². The molecule has 0 aromatic carbocycles. The number of carboxylic acid groups (broad SMARTS) is 1. The van der Waals surface area contributed by atoms with Gasteiger partial charge in [-0.3, -0.25) is 0 Å². The average molecular weight is 147 g/mol. The highest BCUT2D eigenvalue weighted by Gasteiger charge is 2.11. The first-order valence-corrected chi connectivity index (χ1v) is 3.06. The Balaban J connectivity index is 3.67. The van der Waals surface area contributed by atoms with Gasteiger partial charge in [0.15, 0.2) is 0 Å². The van der Waals surface area contributed by atoms with Gasteiger partial charge in [-0.1, -0.05) is 6.58 Å². The van der Waals surface area contributed by atoms with Crippen LogP contribution in [-0.4, -0.2) is 22.9 Å². The quantitative estimate of drug-likeness (QED) is 0.494. The molecule has 0 saturated heterocycles. The van der Waals surface area contributed by atoms with E-state index in [1.165, 1.54) is 6.20 Å². The maximum atomic E-state index is 10.2. The van der Waals surface area contributed by atoms with Gasteiger partial charge in [-0.05, 0) is 6.20 Å². The van der Waals surface area contributed by atoms with E-state index in [1.54, 1.807) is 0 Å². The smallest absolute Gasteiger partial charge is 0.326 e. The van der Waals surface area contributed by atoms with Crippen LogP contribution in [0.25, 0.3) is 0 Å². The molecule has 0 rings (SSSR count). The lowest BCUT2D eigenvalue weighted by atomic mass is 10.3. The molecule has 0 fully saturated rings. The molecule has 0 radical (unpaired) electrons. The van der Waals surface area contributed by atoms with Crippen LogP contribution in [0.5, 0.6) is 0 Å². The highest BCUT2D eigenvalue weighted by Crippen LogP contribution is 1.86. The van der Waals surface area contributed by atoms with E-state index in [1.807, 2.05) is 0 Å². The molecule has 0 saturated carbocycles. The van der Waals surface area contributed by atoms with Crippen molar-refractivity contribution in [2.24, 2.45) is 0 Å². The Hall–Kier alpha value is -0.640. The van der Waals surface area contributed by atoms with Crippen LogP contribution in [0.15, 0.2) is 12.8 Å². The summed E-state index contributed by atoms with van der Waals surface area (Å²) in [5.74, 6) is -0.647. The molecular weight excluding hydrogens is 138 g/mol. The SMILES string of the molecule is C=CNC(CS)C(=O)O. The zero-order chi connectivity index (χ0) is 7.28. The maximum absolute atomic E-state index is 10.2. The molecule has 2 N–H and O–H groups in total. The topological polar surface area (TPSA) is 49.3 Å². The van der Waals surface area contributed by atoms with Gasteiger partial charge in [0.1, 0.15) is 6.04 Å².